The molecule has 3 heterocycles. The van der Waals surface area contributed by atoms with E-state index in [4.69, 9.17) is 15.4 Å². The second kappa shape index (κ2) is 8.88. The van der Waals surface area contributed by atoms with Crippen LogP contribution in [0.25, 0.3) is 11.2 Å². The van der Waals surface area contributed by atoms with Gasteiger partial charge in [0.05, 0.1) is 19.0 Å². The SMILES string of the molecule is NOP(=O)(O)OP(=O)(O)OP(=O)(O)OC[C@H]1O[C@@H](n2cnc3c(N)ncnc32)C[C@@H]1O. The Morgan fingerprint density at radius 3 is 2.48 bits per heavy atom. The molecular weight excluding hydrogens is 489 g/mol. The summed E-state index contributed by atoms with van der Waals surface area (Å²) in [6.45, 7) is -0.778. The third-order valence-electron chi connectivity index (χ3n) is 3.85. The number of phosphoric ester groups is 1. The zero-order chi connectivity index (χ0) is 23.0. The summed E-state index contributed by atoms with van der Waals surface area (Å²) in [6.07, 6.45) is -0.623. The van der Waals surface area contributed by atoms with Gasteiger partial charge in [0.15, 0.2) is 11.5 Å². The number of aliphatic hydroxyl groups excluding tert-OH is 1. The molecule has 174 valence electrons. The van der Waals surface area contributed by atoms with Crippen LogP contribution in [0.1, 0.15) is 12.6 Å². The number of aliphatic hydroxyl groups is 1. The largest absolute Gasteiger partial charge is 0.497 e. The van der Waals surface area contributed by atoms with Crippen LogP contribution in [0.5, 0.6) is 0 Å². The summed E-state index contributed by atoms with van der Waals surface area (Å²) in [5.41, 5.74) is 6.32. The van der Waals surface area contributed by atoms with E-state index < -0.39 is 48.5 Å². The van der Waals surface area contributed by atoms with E-state index in [9.17, 15) is 28.6 Å². The molecule has 1 aliphatic rings. The number of anilines is 1. The van der Waals surface area contributed by atoms with Crippen molar-refractivity contribution in [2.24, 2.45) is 5.90 Å². The molecule has 0 bridgehead atoms. The van der Waals surface area contributed by atoms with E-state index in [1.165, 1.54) is 17.2 Å². The van der Waals surface area contributed by atoms with Crippen LogP contribution in [0.15, 0.2) is 12.7 Å². The third kappa shape index (κ3) is 5.91. The Hall–Kier alpha value is -1.36. The van der Waals surface area contributed by atoms with E-state index in [1.807, 2.05) is 0 Å². The number of nitrogen functional groups attached to an aromatic ring is 1. The van der Waals surface area contributed by atoms with Crippen molar-refractivity contribution >= 4 is 40.4 Å². The van der Waals surface area contributed by atoms with Crippen LogP contribution < -0.4 is 11.6 Å². The van der Waals surface area contributed by atoms with Crippen LogP contribution in [0, 0.1) is 0 Å². The highest BCUT2D eigenvalue weighted by molar-refractivity contribution is 7.66. The Labute approximate surface area is 172 Å². The van der Waals surface area contributed by atoms with Crippen LogP contribution in [-0.4, -0.2) is 58.1 Å². The molecule has 0 saturated carbocycles. The number of aromatic nitrogens is 4. The summed E-state index contributed by atoms with van der Waals surface area (Å²) in [4.78, 5) is 39.6. The van der Waals surface area contributed by atoms with Crippen molar-refractivity contribution in [2.45, 2.75) is 24.9 Å². The van der Waals surface area contributed by atoms with Gasteiger partial charge in [0, 0.05) is 6.42 Å². The molecule has 8 N–H and O–H groups in total. The van der Waals surface area contributed by atoms with Gasteiger partial charge >= 0.3 is 23.5 Å². The van der Waals surface area contributed by atoms with Crippen LogP contribution >= 0.6 is 23.5 Å². The molecule has 1 fully saturated rings. The van der Waals surface area contributed by atoms with Crippen molar-refractivity contribution in [3.63, 3.8) is 0 Å². The van der Waals surface area contributed by atoms with Gasteiger partial charge in [-0.15, -0.1) is 0 Å². The van der Waals surface area contributed by atoms with Crippen molar-refractivity contribution in [1.82, 2.24) is 19.5 Å². The lowest BCUT2D eigenvalue weighted by Gasteiger charge is -2.19. The molecule has 1 saturated heterocycles. The van der Waals surface area contributed by atoms with Gasteiger partial charge in [0.2, 0.25) is 0 Å². The highest BCUT2D eigenvalue weighted by Gasteiger charge is 2.43. The van der Waals surface area contributed by atoms with E-state index in [1.54, 1.807) is 0 Å². The number of fused-ring (bicyclic) bond motifs is 1. The van der Waals surface area contributed by atoms with Gasteiger partial charge in [-0.3, -0.25) is 9.09 Å². The molecule has 1 aliphatic heterocycles. The van der Waals surface area contributed by atoms with Gasteiger partial charge in [-0.1, -0.05) is 0 Å². The summed E-state index contributed by atoms with van der Waals surface area (Å²) in [6, 6.07) is 0. The first-order chi connectivity index (χ1) is 14.3. The molecular formula is C10H17N6O12P3. The fourth-order valence-corrected chi connectivity index (χ4v) is 5.75. The summed E-state index contributed by atoms with van der Waals surface area (Å²) >= 11 is 0. The fourth-order valence-electron chi connectivity index (χ4n) is 2.60. The number of ether oxygens (including phenoxy) is 1. The molecule has 0 spiro atoms. The predicted molar refractivity (Wildman–Crippen MR) is 97.1 cm³/mol. The standard InChI is InChI=1S/C10H17N6O12P3/c11-9-8-10(14-3-13-9)16(4-15-8)7-1-5(17)6(25-7)2-24-29(18,19)27-31(22,23)28-30(20,21)26-12/h3-7,17H,1-2,12H2,(H,18,19)(H,20,21)(H,22,23)(H2,11,13,14)/t5-,6+,7+/m0/s1. The summed E-state index contributed by atoms with van der Waals surface area (Å²) in [5.74, 6) is 4.50. The number of imidazole rings is 1. The summed E-state index contributed by atoms with van der Waals surface area (Å²) in [5, 5.41) is 10.2. The molecule has 0 radical (unpaired) electrons. The van der Waals surface area contributed by atoms with Crippen molar-refractivity contribution in [2.75, 3.05) is 12.3 Å². The lowest BCUT2D eigenvalue weighted by Crippen LogP contribution is -2.26. The summed E-state index contributed by atoms with van der Waals surface area (Å²) < 4.78 is 56.9. The first-order valence-corrected chi connectivity index (χ1v) is 12.5. The van der Waals surface area contributed by atoms with Crippen LogP contribution in [-0.2, 0) is 36.2 Å². The average Bonchev–Trinajstić information content (AvgIpc) is 3.22. The molecule has 21 heteroatoms. The Morgan fingerprint density at radius 1 is 1.13 bits per heavy atom. The Balaban J connectivity index is 1.63. The molecule has 2 aromatic rings. The normalized spacial score (nSPS) is 27.6. The quantitative estimate of drug-likeness (QED) is 0.181. The maximum Gasteiger partial charge on any atom is 0.497 e. The maximum absolute atomic E-state index is 11.9. The smallest absolute Gasteiger partial charge is 0.390 e. The van der Waals surface area contributed by atoms with E-state index in [-0.39, 0.29) is 12.2 Å². The van der Waals surface area contributed by atoms with Gasteiger partial charge in [-0.05, 0) is 0 Å². The zero-order valence-corrected chi connectivity index (χ0v) is 17.8. The van der Waals surface area contributed by atoms with Crippen molar-refractivity contribution in [1.29, 1.82) is 0 Å². The number of rotatable bonds is 9. The maximum atomic E-state index is 11.9. The van der Waals surface area contributed by atoms with Gasteiger partial charge in [0.1, 0.15) is 24.2 Å². The van der Waals surface area contributed by atoms with Gasteiger partial charge < -0.3 is 30.3 Å². The zero-order valence-electron chi connectivity index (χ0n) is 15.1. The fraction of sp³-hybridized carbons (Fsp3) is 0.500. The molecule has 0 aliphatic carbocycles. The van der Waals surface area contributed by atoms with E-state index >= 15 is 0 Å². The van der Waals surface area contributed by atoms with Crippen LogP contribution in [0.4, 0.5) is 5.82 Å². The highest BCUT2D eigenvalue weighted by Crippen LogP contribution is 2.67. The monoisotopic (exact) mass is 506 g/mol. The van der Waals surface area contributed by atoms with E-state index in [2.05, 4.69) is 38.6 Å². The van der Waals surface area contributed by atoms with E-state index in [0.717, 1.165) is 0 Å². The molecule has 31 heavy (non-hydrogen) atoms. The van der Waals surface area contributed by atoms with Crippen molar-refractivity contribution < 1.29 is 56.0 Å². The molecule has 18 nitrogen and oxygen atoms in total. The number of hydrogen-bond donors (Lipinski definition) is 6. The molecule has 0 amide bonds. The van der Waals surface area contributed by atoms with Crippen LogP contribution in [0.3, 0.4) is 0 Å². The number of hydrogen-bond acceptors (Lipinski definition) is 14. The van der Waals surface area contributed by atoms with E-state index in [0.29, 0.717) is 11.2 Å². The Morgan fingerprint density at radius 2 is 1.81 bits per heavy atom. The lowest BCUT2D eigenvalue weighted by molar-refractivity contribution is -0.0423. The Kier molecular flexibility index (Phi) is 6.96. The number of nitrogens with two attached hydrogens (primary N) is 2. The molecule has 6 atom stereocenters. The number of nitrogens with zero attached hydrogens (tertiary/aromatic N) is 4. The van der Waals surface area contributed by atoms with Crippen LogP contribution in [0.2, 0.25) is 0 Å². The first-order valence-electron chi connectivity index (χ1n) is 8.03. The first kappa shape index (κ1) is 24.3. The minimum absolute atomic E-state index is 0.00309. The van der Waals surface area contributed by atoms with Gasteiger partial charge in [-0.2, -0.15) is 8.62 Å². The second-order valence-electron chi connectivity index (χ2n) is 5.99. The molecule has 2 aromatic heterocycles. The van der Waals surface area contributed by atoms with Crippen molar-refractivity contribution in [3.05, 3.63) is 12.7 Å². The minimum Gasteiger partial charge on any atom is -0.390 e. The topological polar surface area (TPSA) is 274 Å². The Bertz CT molecular complexity index is 1100. The predicted octanol–water partition coefficient (Wildman–Crippen LogP) is -0.702. The van der Waals surface area contributed by atoms with Gasteiger partial charge in [0.25, 0.3) is 0 Å². The number of phosphoric acid groups is 3. The minimum atomic E-state index is -5.61. The third-order valence-corrected chi connectivity index (χ3v) is 7.89. The highest BCUT2D eigenvalue weighted by atomic mass is 31.3. The lowest BCUT2D eigenvalue weighted by atomic mass is 10.2. The van der Waals surface area contributed by atoms with Crippen molar-refractivity contribution in [3.8, 4) is 0 Å². The average molecular weight is 506 g/mol. The second-order valence-corrected chi connectivity index (χ2v) is 10.6. The van der Waals surface area contributed by atoms with Gasteiger partial charge in [-0.25, -0.2) is 39.2 Å². The molecule has 3 unspecified atom stereocenters. The summed E-state index contributed by atoms with van der Waals surface area (Å²) in [7, 11) is -16.2. The molecule has 0 aromatic carbocycles. The molecule has 3 rings (SSSR count).